The molecule has 0 saturated carbocycles. The first-order valence-corrected chi connectivity index (χ1v) is 8.13. The van der Waals surface area contributed by atoms with Crippen LogP contribution in [0.3, 0.4) is 0 Å². The molecule has 3 rings (SSSR count). The molecule has 0 unspecified atom stereocenters. The standard InChI is InChI=1S/C18H18N2OS/c1-11(2)13-5-7-14(8-6-13)17(21)20-18-19-15-9-4-12(3)10-16(15)22-18/h4-11H,1-3H3,(H,19,20,21). The SMILES string of the molecule is Cc1ccc2nc(NC(=O)c3ccc(C(C)C)cc3)sc2c1. The summed E-state index contributed by atoms with van der Waals surface area (Å²) in [6.07, 6.45) is 0. The van der Waals surface area contributed by atoms with E-state index < -0.39 is 0 Å². The molecule has 3 aromatic rings. The Morgan fingerprint density at radius 2 is 1.86 bits per heavy atom. The van der Waals surface area contributed by atoms with Gasteiger partial charge < -0.3 is 0 Å². The normalized spacial score (nSPS) is 11.1. The summed E-state index contributed by atoms with van der Waals surface area (Å²) >= 11 is 1.50. The molecule has 0 spiro atoms. The number of hydrogen-bond acceptors (Lipinski definition) is 3. The second kappa shape index (κ2) is 5.89. The summed E-state index contributed by atoms with van der Waals surface area (Å²) in [6.45, 7) is 6.32. The zero-order valence-electron chi connectivity index (χ0n) is 12.9. The third kappa shape index (κ3) is 3.02. The van der Waals surface area contributed by atoms with Crippen molar-refractivity contribution in [1.29, 1.82) is 0 Å². The lowest BCUT2D eigenvalue weighted by atomic mass is 10.0. The topological polar surface area (TPSA) is 42.0 Å². The van der Waals surface area contributed by atoms with E-state index in [1.807, 2.05) is 43.3 Å². The Morgan fingerprint density at radius 3 is 2.55 bits per heavy atom. The molecule has 0 saturated heterocycles. The highest BCUT2D eigenvalue weighted by molar-refractivity contribution is 7.22. The zero-order valence-corrected chi connectivity index (χ0v) is 13.7. The average molecular weight is 310 g/mol. The molecule has 112 valence electrons. The molecule has 0 bridgehead atoms. The van der Waals surface area contributed by atoms with Crippen molar-refractivity contribution >= 4 is 32.6 Å². The summed E-state index contributed by atoms with van der Waals surface area (Å²) in [5.74, 6) is 0.343. The van der Waals surface area contributed by atoms with Crippen LogP contribution < -0.4 is 5.32 Å². The van der Waals surface area contributed by atoms with Gasteiger partial charge in [0.1, 0.15) is 0 Å². The Kier molecular flexibility index (Phi) is 3.94. The maximum atomic E-state index is 12.3. The molecule has 3 nitrogen and oxygen atoms in total. The van der Waals surface area contributed by atoms with Crippen molar-refractivity contribution in [1.82, 2.24) is 4.98 Å². The molecular weight excluding hydrogens is 292 g/mol. The first-order valence-electron chi connectivity index (χ1n) is 7.31. The Hall–Kier alpha value is -2.20. The van der Waals surface area contributed by atoms with E-state index in [4.69, 9.17) is 0 Å². The third-order valence-electron chi connectivity index (χ3n) is 3.60. The van der Waals surface area contributed by atoms with Gasteiger partial charge in [-0.15, -0.1) is 0 Å². The van der Waals surface area contributed by atoms with Crippen LogP contribution in [0, 0.1) is 6.92 Å². The number of rotatable bonds is 3. The lowest BCUT2D eigenvalue weighted by Crippen LogP contribution is -2.11. The summed E-state index contributed by atoms with van der Waals surface area (Å²) < 4.78 is 1.09. The molecule has 1 N–H and O–H groups in total. The van der Waals surface area contributed by atoms with E-state index in [2.05, 4.69) is 30.2 Å². The Labute approximate surface area is 134 Å². The molecular formula is C18H18N2OS. The fourth-order valence-corrected chi connectivity index (χ4v) is 3.23. The number of thiazole rings is 1. The molecule has 0 atom stereocenters. The Balaban J connectivity index is 1.80. The number of aromatic nitrogens is 1. The van der Waals surface area contributed by atoms with E-state index in [-0.39, 0.29) is 5.91 Å². The minimum absolute atomic E-state index is 0.119. The van der Waals surface area contributed by atoms with Crippen LogP contribution in [0.1, 0.15) is 41.3 Å². The number of carbonyl (C=O) groups is 1. The van der Waals surface area contributed by atoms with Crippen molar-refractivity contribution in [2.75, 3.05) is 5.32 Å². The minimum Gasteiger partial charge on any atom is -0.298 e. The average Bonchev–Trinajstić information content (AvgIpc) is 2.88. The molecule has 1 heterocycles. The first kappa shape index (κ1) is 14.7. The van der Waals surface area contributed by atoms with E-state index in [9.17, 15) is 4.79 Å². The van der Waals surface area contributed by atoms with E-state index in [1.54, 1.807) is 0 Å². The molecule has 1 aromatic heterocycles. The van der Waals surface area contributed by atoms with Crippen LogP contribution in [0.2, 0.25) is 0 Å². The zero-order chi connectivity index (χ0) is 15.7. The van der Waals surface area contributed by atoms with Crippen LogP contribution in [0.15, 0.2) is 42.5 Å². The number of hydrogen-bond donors (Lipinski definition) is 1. The van der Waals surface area contributed by atoms with Gasteiger partial charge in [-0.25, -0.2) is 4.98 Å². The Morgan fingerprint density at radius 1 is 1.14 bits per heavy atom. The first-order chi connectivity index (χ1) is 10.5. The van der Waals surface area contributed by atoms with Gasteiger partial charge in [0.15, 0.2) is 5.13 Å². The van der Waals surface area contributed by atoms with Gasteiger partial charge in [-0.1, -0.05) is 43.4 Å². The Bertz CT molecular complexity index is 819. The fourth-order valence-electron chi connectivity index (χ4n) is 2.27. The molecule has 22 heavy (non-hydrogen) atoms. The quantitative estimate of drug-likeness (QED) is 0.741. The predicted octanol–water partition coefficient (Wildman–Crippen LogP) is 4.98. The van der Waals surface area contributed by atoms with Crippen molar-refractivity contribution in [3.05, 3.63) is 59.2 Å². The number of nitrogens with one attached hydrogen (secondary N) is 1. The maximum absolute atomic E-state index is 12.3. The third-order valence-corrected chi connectivity index (χ3v) is 4.54. The molecule has 1 amide bonds. The number of anilines is 1. The van der Waals surface area contributed by atoms with Gasteiger partial charge in [-0.2, -0.15) is 0 Å². The van der Waals surface area contributed by atoms with E-state index in [1.165, 1.54) is 22.5 Å². The minimum atomic E-state index is -0.119. The molecule has 4 heteroatoms. The number of benzene rings is 2. The van der Waals surface area contributed by atoms with Crippen molar-refractivity contribution in [3.8, 4) is 0 Å². The van der Waals surface area contributed by atoms with Crippen molar-refractivity contribution < 1.29 is 4.79 Å². The number of nitrogens with zero attached hydrogens (tertiary/aromatic N) is 1. The molecule has 0 aliphatic heterocycles. The fraction of sp³-hybridized carbons (Fsp3) is 0.222. The summed E-state index contributed by atoms with van der Waals surface area (Å²) in [5, 5.41) is 3.52. The van der Waals surface area contributed by atoms with Gasteiger partial charge in [-0.3, -0.25) is 10.1 Å². The van der Waals surface area contributed by atoms with Crippen molar-refractivity contribution in [3.63, 3.8) is 0 Å². The number of amides is 1. The van der Waals surface area contributed by atoms with Crippen LogP contribution >= 0.6 is 11.3 Å². The monoisotopic (exact) mass is 310 g/mol. The van der Waals surface area contributed by atoms with Gasteiger partial charge in [-0.05, 0) is 48.2 Å². The van der Waals surface area contributed by atoms with Gasteiger partial charge in [0.2, 0.25) is 0 Å². The number of fused-ring (bicyclic) bond motifs is 1. The molecule has 0 fully saturated rings. The number of carbonyl (C=O) groups excluding carboxylic acids is 1. The maximum Gasteiger partial charge on any atom is 0.257 e. The second-order valence-corrected chi connectivity index (χ2v) is 6.75. The van der Waals surface area contributed by atoms with Gasteiger partial charge in [0.05, 0.1) is 10.2 Å². The number of aryl methyl sites for hydroxylation is 1. The van der Waals surface area contributed by atoms with E-state index in [0.717, 1.165) is 10.2 Å². The molecule has 2 aromatic carbocycles. The largest absolute Gasteiger partial charge is 0.298 e. The van der Waals surface area contributed by atoms with E-state index >= 15 is 0 Å². The van der Waals surface area contributed by atoms with E-state index in [0.29, 0.717) is 16.6 Å². The van der Waals surface area contributed by atoms with Crippen LogP contribution in [-0.4, -0.2) is 10.9 Å². The van der Waals surface area contributed by atoms with Gasteiger partial charge in [0, 0.05) is 5.56 Å². The van der Waals surface area contributed by atoms with Gasteiger partial charge in [0.25, 0.3) is 5.91 Å². The van der Waals surface area contributed by atoms with Crippen LogP contribution in [0.5, 0.6) is 0 Å². The smallest absolute Gasteiger partial charge is 0.257 e. The predicted molar refractivity (Wildman–Crippen MR) is 92.8 cm³/mol. The summed E-state index contributed by atoms with van der Waals surface area (Å²) in [7, 11) is 0. The van der Waals surface area contributed by atoms with Crippen molar-refractivity contribution in [2.45, 2.75) is 26.7 Å². The van der Waals surface area contributed by atoms with Crippen molar-refractivity contribution in [2.24, 2.45) is 0 Å². The summed E-state index contributed by atoms with van der Waals surface area (Å²) in [6, 6.07) is 13.8. The van der Waals surface area contributed by atoms with Gasteiger partial charge >= 0.3 is 0 Å². The summed E-state index contributed by atoms with van der Waals surface area (Å²) in [4.78, 5) is 16.7. The lowest BCUT2D eigenvalue weighted by molar-refractivity contribution is 0.102. The highest BCUT2D eigenvalue weighted by atomic mass is 32.1. The van der Waals surface area contributed by atoms with Crippen LogP contribution in [0.4, 0.5) is 5.13 Å². The van der Waals surface area contributed by atoms with Crippen LogP contribution in [-0.2, 0) is 0 Å². The highest BCUT2D eigenvalue weighted by Crippen LogP contribution is 2.27. The molecule has 0 aliphatic carbocycles. The highest BCUT2D eigenvalue weighted by Gasteiger charge is 2.10. The molecule has 0 radical (unpaired) electrons. The summed E-state index contributed by atoms with van der Waals surface area (Å²) in [5.41, 5.74) is 3.99. The van der Waals surface area contributed by atoms with Crippen LogP contribution in [0.25, 0.3) is 10.2 Å². The molecule has 0 aliphatic rings. The lowest BCUT2D eigenvalue weighted by Gasteiger charge is -2.06. The second-order valence-electron chi connectivity index (χ2n) is 5.72.